The highest BCUT2D eigenvalue weighted by Gasteiger charge is 2.22. The van der Waals surface area contributed by atoms with Crippen LogP contribution in [0.25, 0.3) is 10.2 Å². The number of amides is 2. The molecular formula is C17H19N5O3S. The number of thiazole rings is 1. The predicted molar refractivity (Wildman–Crippen MR) is 101 cm³/mol. The average molecular weight is 373 g/mol. The van der Waals surface area contributed by atoms with Crippen molar-refractivity contribution < 1.29 is 14.3 Å². The molecule has 1 saturated heterocycles. The van der Waals surface area contributed by atoms with Gasteiger partial charge in [-0.2, -0.15) is 5.10 Å². The molecule has 1 aromatic carbocycles. The summed E-state index contributed by atoms with van der Waals surface area (Å²) in [5, 5.41) is 9.11. The van der Waals surface area contributed by atoms with Crippen LogP contribution in [0.3, 0.4) is 0 Å². The molecule has 0 saturated carbocycles. The van der Waals surface area contributed by atoms with Gasteiger partial charge in [0.05, 0.1) is 23.4 Å². The van der Waals surface area contributed by atoms with Crippen LogP contribution < -0.4 is 10.2 Å². The summed E-state index contributed by atoms with van der Waals surface area (Å²) in [5.74, 6) is -0.357. The Kier molecular flexibility index (Phi) is 4.56. The lowest BCUT2D eigenvalue weighted by Crippen LogP contribution is -2.36. The quantitative estimate of drug-likeness (QED) is 0.885. The van der Waals surface area contributed by atoms with Gasteiger partial charge in [0.25, 0.3) is 5.91 Å². The molecular weight excluding hydrogens is 354 g/mol. The van der Waals surface area contributed by atoms with Crippen molar-refractivity contribution in [1.29, 1.82) is 0 Å². The third-order valence-electron chi connectivity index (χ3n) is 4.39. The first-order valence-corrected chi connectivity index (χ1v) is 9.30. The molecule has 1 fully saturated rings. The Morgan fingerprint density at radius 2 is 2.08 bits per heavy atom. The van der Waals surface area contributed by atoms with Crippen LogP contribution in [0.5, 0.6) is 0 Å². The highest BCUT2D eigenvalue weighted by molar-refractivity contribution is 7.22. The zero-order valence-electron chi connectivity index (χ0n) is 14.4. The molecule has 8 nitrogen and oxygen atoms in total. The van der Waals surface area contributed by atoms with Gasteiger partial charge in [-0.1, -0.05) is 11.3 Å². The minimum atomic E-state index is -0.276. The van der Waals surface area contributed by atoms with E-state index in [2.05, 4.69) is 20.3 Å². The van der Waals surface area contributed by atoms with Gasteiger partial charge in [-0.3, -0.25) is 9.59 Å². The number of fused-ring (bicyclic) bond motifs is 1. The van der Waals surface area contributed by atoms with E-state index in [4.69, 9.17) is 4.74 Å². The molecule has 2 aliphatic rings. The summed E-state index contributed by atoms with van der Waals surface area (Å²) in [6.07, 6.45) is 0.665. The van der Waals surface area contributed by atoms with Crippen LogP contribution in [0.1, 0.15) is 12.8 Å². The van der Waals surface area contributed by atoms with Gasteiger partial charge in [0.15, 0.2) is 5.13 Å². The van der Waals surface area contributed by atoms with E-state index in [1.807, 2.05) is 18.2 Å². The summed E-state index contributed by atoms with van der Waals surface area (Å²) in [4.78, 5) is 30.8. The van der Waals surface area contributed by atoms with Gasteiger partial charge in [0, 0.05) is 38.7 Å². The van der Waals surface area contributed by atoms with Gasteiger partial charge in [-0.15, -0.1) is 0 Å². The number of anilines is 2. The van der Waals surface area contributed by atoms with Crippen molar-refractivity contribution in [3.05, 3.63) is 18.2 Å². The molecule has 0 radical (unpaired) electrons. The minimum Gasteiger partial charge on any atom is -0.378 e. The normalized spacial score (nSPS) is 18.2. The molecule has 2 aliphatic heterocycles. The van der Waals surface area contributed by atoms with E-state index >= 15 is 0 Å². The molecule has 1 N–H and O–H groups in total. The number of rotatable bonds is 3. The van der Waals surface area contributed by atoms with Crippen LogP contribution in [0.2, 0.25) is 0 Å². The second-order valence-electron chi connectivity index (χ2n) is 6.20. The summed E-state index contributed by atoms with van der Waals surface area (Å²) in [7, 11) is 1.56. The van der Waals surface area contributed by atoms with E-state index < -0.39 is 0 Å². The first-order chi connectivity index (χ1) is 12.6. The second kappa shape index (κ2) is 7.00. The number of nitrogens with one attached hydrogen (secondary N) is 1. The highest BCUT2D eigenvalue weighted by atomic mass is 32.1. The Bertz CT molecular complexity index is 888. The fraction of sp³-hybridized carbons (Fsp3) is 0.412. The van der Waals surface area contributed by atoms with Gasteiger partial charge < -0.3 is 15.0 Å². The van der Waals surface area contributed by atoms with Crippen molar-refractivity contribution in [3.8, 4) is 0 Å². The summed E-state index contributed by atoms with van der Waals surface area (Å²) in [5.41, 5.74) is 1.97. The second-order valence-corrected chi connectivity index (χ2v) is 7.21. The number of nitrogens with zero attached hydrogens (tertiary/aromatic N) is 4. The number of carbonyl (C=O) groups excluding carboxylic acids is 2. The Morgan fingerprint density at radius 3 is 2.85 bits per heavy atom. The zero-order chi connectivity index (χ0) is 18.1. The van der Waals surface area contributed by atoms with E-state index in [0.29, 0.717) is 24.2 Å². The van der Waals surface area contributed by atoms with E-state index in [1.165, 1.54) is 5.01 Å². The van der Waals surface area contributed by atoms with Crippen LogP contribution >= 0.6 is 11.3 Å². The summed E-state index contributed by atoms with van der Waals surface area (Å²) in [6, 6.07) is 5.66. The number of morpholine rings is 1. The third-order valence-corrected chi connectivity index (χ3v) is 5.47. The zero-order valence-corrected chi connectivity index (χ0v) is 15.2. The molecule has 0 atom stereocenters. The van der Waals surface area contributed by atoms with Crippen molar-refractivity contribution in [2.45, 2.75) is 12.8 Å². The number of benzene rings is 1. The molecule has 0 bridgehead atoms. The van der Waals surface area contributed by atoms with E-state index in [9.17, 15) is 9.59 Å². The van der Waals surface area contributed by atoms with Crippen molar-refractivity contribution in [3.63, 3.8) is 0 Å². The molecule has 3 heterocycles. The molecule has 2 aromatic rings. The third kappa shape index (κ3) is 3.40. The number of hydrogen-bond donors (Lipinski definition) is 1. The van der Waals surface area contributed by atoms with Crippen molar-refractivity contribution >= 4 is 49.9 Å². The SMILES string of the molecule is CN1N=C(C(=O)Nc2ccc3nc(N4CCOCC4)sc3c2)CCC1=O. The number of aromatic nitrogens is 1. The van der Waals surface area contributed by atoms with Crippen LogP contribution in [-0.4, -0.2) is 60.9 Å². The highest BCUT2D eigenvalue weighted by Crippen LogP contribution is 2.31. The average Bonchev–Trinajstić information content (AvgIpc) is 3.08. The molecule has 4 rings (SSSR count). The lowest BCUT2D eigenvalue weighted by molar-refractivity contribution is -0.130. The molecule has 0 unspecified atom stereocenters. The first kappa shape index (κ1) is 16.9. The molecule has 1 aromatic heterocycles. The fourth-order valence-corrected chi connectivity index (χ4v) is 3.97. The number of carbonyl (C=O) groups is 2. The molecule has 2 amide bonds. The maximum absolute atomic E-state index is 12.4. The maximum atomic E-state index is 12.4. The fourth-order valence-electron chi connectivity index (χ4n) is 2.92. The smallest absolute Gasteiger partial charge is 0.271 e. The van der Waals surface area contributed by atoms with E-state index in [-0.39, 0.29) is 11.8 Å². The number of hydrazone groups is 1. The number of hydrogen-bond acceptors (Lipinski definition) is 7. The van der Waals surface area contributed by atoms with Crippen LogP contribution in [-0.2, 0) is 14.3 Å². The van der Waals surface area contributed by atoms with Crippen LogP contribution in [0.4, 0.5) is 10.8 Å². The maximum Gasteiger partial charge on any atom is 0.271 e. The van der Waals surface area contributed by atoms with Crippen molar-refractivity contribution in [1.82, 2.24) is 9.99 Å². The predicted octanol–water partition coefficient (Wildman–Crippen LogP) is 1.68. The molecule has 9 heteroatoms. The summed E-state index contributed by atoms with van der Waals surface area (Å²) < 4.78 is 6.40. The van der Waals surface area contributed by atoms with Gasteiger partial charge >= 0.3 is 0 Å². The molecule has 26 heavy (non-hydrogen) atoms. The van der Waals surface area contributed by atoms with Crippen molar-refractivity contribution in [2.75, 3.05) is 43.6 Å². The Hall–Kier alpha value is -2.52. The Balaban J connectivity index is 1.51. The van der Waals surface area contributed by atoms with Crippen molar-refractivity contribution in [2.24, 2.45) is 5.10 Å². The molecule has 136 valence electrons. The molecule has 0 spiro atoms. The summed E-state index contributed by atoms with van der Waals surface area (Å²) >= 11 is 1.61. The lowest BCUT2D eigenvalue weighted by Gasteiger charge is -2.25. The summed E-state index contributed by atoms with van der Waals surface area (Å²) in [6.45, 7) is 3.12. The number of ether oxygens (including phenoxy) is 1. The van der Waals surface area contributed by atoms with E-state index in [1.54, 1.807) is 18.4 Å². The van der Waals surface area contributed by atoms with Gasteiger partial charge in [0.1, 0.15) is 5.71 Å². The topological polar surface area (TPSA) is 87.1 Å². The Morgan fingerprint density at radius 1 is 1.27 bits per heavy atom. The van der Waals surface area contributed by atoms with E-state index in [0.717, 1.165) is 41.7 Å². The first-order valence-electron chi connectivity index (χ1n) is 8.49. The Labute approximate surface area is 154 Å². The molecule has 0 aliphatic carbocycles. The standard InChI is InChI=1S/C17H19N5O3S/c1-21-15(23)5-4-13(20-21)16(24)18-11-2-3-12-14(10-11)26-17(19-12)22-6-8-25-9-7-22/h2-3,10H,4-9H2,1H3,(H,18,24). The van der Waals surface area contributed by atoms with Gasteiger partial charge in [0.2, 0.25) is 5.91 Å². The van der Waals surface area contributed by atoms with Gasteiger partial charge in [-0.05, 0) is 18.2 Å². The lowest BCUT2D eigenvalue weighted by atomic mass is 10.1. The monoisotopic (exact) mass is 373 g/mol. The largest absolute Gasteiger partial charge is 0.378 e. The van der Waals surface area contributed by atoms with Crippen LogP contribution in [0.15, 0.2) is 23.3 Å². The van der Waals surface area contributed by atoms with Crippen LogP contribution in [0, 0.1) is 0 Å². The van der Waals surface area contributed by atoms with Gasteiger partial charge in [-0.25, -0.2) is 9.99 Å². The minimum absolute atomic E-state index is 0.0803.